The molecule has 2 heterocycles. The standard InChI is InChI=1S/C18H24N4O2/c23-18(24)12-21(11-13-4-5-13)16-7-15(8-16)19-9-14-10-20-22-6-2-1-3-17(14)22/h1-3,6,10,13,15-16,19H,4-5,7-9,11-12H2,(H,23,24). The van der Waals surface area contributed by atoms with Crippen molar-refractivity contribution < 1.29 is 9.90 Å². The van der Waals surface area contributed by atoms with Crippen LogP contribution in [0, 0.1) is 5.92 Å². The Morgan fingerprint density at radius 3 is 2.96 bits per heavy atom. The van der Waals surface area contributed by atoms with Crippen LogP contribution in [0.5, 0.6) is 0 Å². The topological polar surface area (TPSA) is 69.9 Å². The molecule has 4 rings (SSSR count). The summed E-state index contributed by atoms with van der Waals surface area (Å²) < 4.78 is 1.89. The van der Waals surface area contributed by atoms with Gasteiger partial charge in [-0.15, -0.1) is 0 Å². The lowest BCUT2D eigenvalue weighted by atomic mass is 9.85. The SMILES string of the molecule is O=C(O)CN(CC1CC1)C1CC(NCc2cnn3ccccc23)C1. The molecule has 2 saturated carbocycles. The van der Waals surface area contributed by atoms with Crippen LogP contribution in [-0.4, -0.2) is 50.8 Å². The summed E-state index contributed by atoms with van der Waals surface area (Å²) in [6.07, 6.45) is 8.49. The summed E-state index contributed by atoms with van der Waals surface area (Å²) >= 11 is 0. The lowest BCUT2D eigenvalue weighted by molar-refractivity contribution is -0.139. The van der Waals surface area contributed by atoms with E-state index in [2.05, 4.69) is 21.4 Å². The minimum atomic E-state index is -0.710. The minimum absolute atomic E-state index is 0.182. The van der Waals surface area contributed by atoms with E-state index >= 15 is 0 Å². The summed E-state index contributed by atoms with van der Waals surface area (Å²) in [6.45, 7) is 1.95. The van der Waals surface area contributed by atoms with Gasteiger partial charge in [-0.25, -0.2) is 4.52 Å². The van der Waals surface area contributed by atoms with Gasteiger partial charge in [0.25, 0.3) is 0 Å². The normalized spacial score (nSPS) is 23.5. The van der Waals surface area contributed by atoms with Crippen LogP contribution in [0.3, 0.4) is 0 Å². The van der Waals surface area contributed by atoms with Crippen molar-refractivity contribution in [1.29, 1.82) is 0 Å². The number of fused-ring (bicyclic) bond motifs is 1. The zero-order chi connectivity index (χ0) is 16.5. The highest BCUT2D eigenvalue weighted by Gasteiger charge is 2.36. The highest BCUT2D eigenvalue weighted by atomic mass is 16.4. The monoisotopic (exact) mass is 328 g/mol. The van der Waals surface area contributed by atoms with Crippen LogP contribution in [-0.2, 0) is 11.3 Å². The van der Waals surface area contributed by atoms with E-state index in [4.69, 9.17) is 5.11 Å². The van der Waals surface area contributed by atoms with E-state index in [1.165, 1.54) is 18.4 Å². The van der Waals surface area contributed by atoms with Crippen LogP contribution in [0.4, 0.5) is 0 Å². The maximum Gasteiger partial charge on any atom is 0.317 e. The second kappa shape index (κ2) is 6.53. The molecule has 0 atom stereocenters. The molecule has 2 aliphatic carbocycles. The zero-order valence-electron chi connectivity index (χ0n) is 13.8. The summed E-state index contributed by atoms with van der Waals surface area (Å²) in [4.78, 5) is 13.3. The molecular formula is C18H24N4O2. The quantitative estimate of drug-likeness (QED) is 0.773. The van der Waals surface area contributed by atoms with Crippen molar-refractivity contribution in [3.63, 3.8) is 0 Å². The predicted molar refractivity (Wildman–Crippen MR) is 90.8 cm³/mol. The molecule has 0 spiro atoms. The second-order valence-electron chi connectivity index (χ2n) is 7.17. The fraction of sp³-hybridized carbons (Fsp3) is 0.556. The highest BCUT2D eigenvalue weighted by molar-refractivity contribution is 5.69. The molecule has 2 aromatic rings. The number of rotatable bonds is 8. The molecule has 6 heteroatoms. The molecule has 2 aliphatic rings. The fourth-order valence-corrected chi connectivity index (χ4v) is 3.58. The highest BCUT2D eigenvalue weighted by Crippen LogP contribution is 2.33. The Hall–Kier alpha value is -1.92. The Morgan fingerprint density at radius 1 is 1.38 bits per heavy atom. The average molecular weight is 328 g/mol. The molecule has 2 fully saturated rings. The third-order valence-corrected chi connectivity index (χ3v) is 5.25. The van der Waals surface area contributed by atoms with Crippen LogP contribution in [0.1, 0.15) is 31.2 Å². The van der Waals surface area contributed by atoms with Crippen molar-refractivity contribution in [2.45, 2.75) is 44.3 Å². The first-order valence-electron chi connectivity index (χ1n) is 8.79. The number of aromatic nitrogens is 2. The molecule has 0 aliphatic heterocycles. The molecule has 0 saturated heterocycles. The Balaban J connectivity index is 1.28. The molecule has 6 nitrogen and oxygen atoms in total. The first-order chi connectivity index (χ1) is 11.7. The van der Waals surface area contributed by atoms with Gasteiger partial charge in [0, 0.05) is 36.9 Å². The van der Waals surface area contributed by atoms with Gasteiger partial charge >= 0.3 is 5.97 Å². The molecule has 2 aromatic heterocycles. The molecule has 0 radical (unpaired) electrons. The third-order valence-electron chi connectivity index (χ3n) is 5.25. The van der Waals surface area contributed by atoms with E-state index in [1.54, 1.807) is 0 Å². The largest absolute Gasteiger partial charge is 0.480 e. The molecule has 128 valence electrons. The van der Waals surface area contributed by atoms with E-state index in [0.717, 1.165) is 37.4 Å². The van der Waals surface area contributed by atoms with Crippen LogP contribution in [0.2, 0.25) is 0 Å². The molecule has 0 aromatic carbocycles. The average Bonchev–Trinajstić information content (AvgIpc) is 3.23. The Labute approximate surface area is 141 Å². The van der Waals surface area contributed by atoms with Gasteiger partial charge in [0.05, 0.1) is 18.3 Å². The van der Waals surface area contributed by atoms with Gasteiger partial charge in [0.1, 0.15) is 0 Å². The van der Waals surface area contributed by atoms with Crippen molar-refractivity contribution in [3.8, 4) is 0 Å². The van der Waals surface area contributed by atoms with Gasteiger partial charge in [-0.2, -0.15) is 5.10 Å². The van der Waals surface area contributed by atoms with Gasteiger partial charge in [-0.1, -0.05) is 6.07 Å². The maximum absolute atomic E-state index is 11.1. The van der Waals surface area contributed by atoms with Crippen LogP contribution >= 0.6 is 0 Å². The van der Waals surface area contributed by atoms with E-state index in [1.807, 2.05) is 29.0 Å². The number of pyridine rings is 1. The number of aliphatic carboxylic acids is 1. The summed E-state index contributed by atoms with van der Waals surface area (Å²) in [7, 11) is 0. The molecule has 2 N–H and O–H groups in total. The first-order valence-corrected chi connectivity index (χ1v) is 8.79. The summed E-state index contributed by atoms with van der Waals surface area (Å²) in [5.74, 6) is 0.0218. The summed E-state index contributed by atoms with van der Waals surface area (Å²) in [5.41, 5.74) is 2.35. The minimum Gasteiger partial charge on any atom is -0.480 e. The Kier molecular flexibility index (Phi) is 4.24. The number of carboxylic acids is 1. The fourth-order valence-electron chi connectivity index (χ4n) is 3.58. The smallest absolute Gasteiger partial charge is 0.317 e. The first kappa shape index (κ1) is 15.6. The molecule has 0 unspecified atom stereocenters. The third kappa shape index (κ3) is 3.44. The Morgan fingerprint density at radius 2 is 2.21 bits per heavy atom. The van der Waals surface area contributed by atoms with Crippen molar-refractivity contribution in [2.24, 2.45) is 5.92 Å². The van der Waals surface area contributed by atoms with Gasteiger partial charge in [-0.3, -0.25) is 9.69 Å². The lowest BCUT2D eigenvalue weighted by Crippen LogP contribution is -2.54. The lowest BCUT2D eigenvalue weighted by Gasteiger charge is -2.43. The Bertz CT molecular complexity index is 719. The number of nitrogens with one attached hydrogen (secondary N) is 1. The van der Waals surface area contributed by atoms with Gasteiger partial charge < -0.3 is 10.4 Å². The van der Waals surface area contributed by atoms with Crippen molar-refractivity contribution >= 4 is 11.5 Å². The summed E-state index contributed by atoms with van der Waals surface area (Å²) in [5, 5.41) is 17.1. The van der Waals surface area contributed by atoms with Crippen LogP contribution in [0.25, 0.3) is 5.52 Å². The second-order valence-corrected chi connectivity index (χ2v) is 7.17. The molecule has 0 amide bonds. The van der Waals surface area contributed by atoms with Crippen molar-refractivity contribution in [2.75, 3.05) is 13.1 Å². The van der Waals surface area contributed by atoms with Crippen molar-refractivity contribution in [3.05, 3.63) is 36.2 Å². The van der Waals surface area contributed by atoms with E-state index in [-0.39, 0.29) is 6.54 Å². The van der Waals surface area contributed by atoms with E-state index in [0.29, 0.717) is 12.1 Å². The van der Waals surface area contributed by atoms with Crippen LogP contribution in [0.15, 0.2) is 30.6 Å². The maximum atomic E-state index is 11.1. The van der Waals surface area contributed by atoms with Gasteiger partial charge in [0.2, 0.25) is 0 Å². The predicted octanol–water partition coefficient (Wildman–Crippen LogP) is 1.75. The number of carboxylic acid groups (broad SMARTS) is 1. The molecular weight excluding hydrogens is 304 g/mol. The van der Waals surface area contributed by atoms with Crippen molar-refractivity contribution in [1.82, 2.24) is 19.8 Å². The number of hydrogen-bond donors (Lipinski definition) is 2. The van der Waals surface area contributed by atoms with Crippen LogP contribution < -0.4 is 5.32 Å². The molecule has 24 heavy (non-hydrogen) atoms. The van der Waals surface area contributed by atoms with Gasteiger partial charge in [-0.05, 0) is 43.7 Å². The molecule has 0 bridgehead atoms. The number of carbonyl (C=O) groups is 1. The summed E-state index contributed by atoms with van der Waals surface area (Å²) in [6, 6.07) is 6.98. The van der Waals surface area contributed by atoms with E-state index in [9.17, 15) is 4.79 Å². The zero-order valence-corrected chi connectivity index (χ0v) is 13.8. The number of hydrogen-bond acceptors (Lipinski definition) is 4. The van der Waals surface area contributed by atoms with E-state index < -0.39 is 5.97 Å². The number of nitrogens with zero attached hydrogens (tertiary/aromatic N) is 3. The van der Waals surface area contributed by atoms with Gasteiger partial charge in [0.15, 0.2) is 0 Å².